The molecule has 1 fully saturated rings. The smallest absolute Gasteiger partial charge is 0.0931 e. The van der Waals surface area contributed by atoms with Crippen molar-refractivity contribution in [1.82, 2.24) is 10.2 Å². The first kappa shape index (κ1) is 12.4. The van der Waals surface area contributed by atoms with Crippen LogP contribution in [0.25, 0.3) is 0 Å². The second-order valence-corrected chi connectivity index (χ2v) is 6.15. The third-order valence-corrected chi connectivity index (χ3v) is 4.28. The molecule has 2 nitrogen and oxygen atoms in total. The molecule has 16 heavy (non-hydrogen) atoms. The summed E-state index contributed by atoms with van der Waals surface area (Å²) in [5.41, 5.74) is 0. The molecule has 0 spiro atoms. The summed E-state index contributed by atoms with van der Waals surface area (Å²) in [4.78, 5) is 3.91. The van der Waals surface area contributed by atoms with Gasteiger partial charge in [-0.25, -0.2) is 0 Å². The third kappa shape index (κ3) is 3.45. The van der Waals surface area contributed by atoms with Gasteiger partial charge in [-0.1, -0.05) is 18.5 Å². The first-order chi connectivity index (χ1) is 7.78. The van der Waals surface area contributed by atoms with E-state index in [9.17, 15) is 0 Å². The number of nitrogens with zero attached hydrogens (tertiary/aromatic N) is 1. The molecule has 1 aliphatic heterocycles. The van der Waals surface area contributed by atoms with E-state index < -0.39 is 0 Å². The molecule has 0 amide bonds. The Bertz CT molecular complexity index is 327. The largest absolute Gasteiger partial charge is 0.313 e. The highest BCUT2D eigenvalue weighted by molar-refractivity contribution is 7.16. The quantitative estimate of drug-likeness (QED) is 0.897. The van der Waals surface area contributed by atoms with Crippen molar-refractivity contribution in [2.45, 2.75) is 32.4 Å². The van der Waals surface area contributed by atoms with Crippen LogP contribution in [0.3, 0.4) is 0 Å². The zero-order valence-corrected chi connectivity index (χ0v) is 11.3. The molecule has 2 rings (SSSR count). The predicted octanol–water partition coefficient (Wildman–Crippen LogP) is 2.98. The Morgan fingerprint density at radius 1 is 1.56 bits per heavy atom. The number of thiophene rings is 1. The number of hydrogen-bond donors (Lipinski definition) is 1. The number of nitrogens with one attached hydrogen (secondary N) is 1. The molecule has 0 aromatic carbocycles. The predicted molar refractivity (Wildman–Crippen MR) is 71.3 cm³/mol. The van der Waals surface area contributed by atoms with Gasteiger partial charge in [-0.05, 0) is 38.1 Å². The van der Waals surface area contributed by atoms with Crippen molar-refractivity contribution in [3.05, 3.63) is 21.3 Å². The third-order valence-electron chi connectivity index (χ3n) is 3.06. The zero-order valence-electron chi connectivity index (χ0n) is 9.71. The van der Waals surface area contributed by atoms with Crippen molar-refractivity contribution in [3.8, 4) is 0 Å². The average Bonchev–Trinajstić information content (AvgIpc) is 2.55. The van der Waals surface area contributed by atoms with E-state index in [0.29, 0.717) is 6.04 Å². The fourth-order valence-electron chi connectivity index (χ4n) is 2.15. The highest BCUT2D eigenvalue weighted by Crippen LogP contribution is 2.23. The molecule has 0 bridgehead atoms. The molecule has 1 atom stereocenters. The summed E-state index contributed by atoms with van der Waals surface area (Å²) in [5.74, 6) is 0. The Kier molecular flexibility index (Phi) is 4.65. The lowest BCUT2D eigenvalue weighted by molar-refractivity contribution is 0.259. The van der Waals surface area contributed by atoms with E-state index in [2.05, 4.69) is 23.2 Å². The molecule has 0 radical (unpaired) electrons. The maximum absolute atomic E-state index is 5.95. The van der Waals surface area contributed by atoms with Crippen molar-refractivity contribution < 1.29 is 0 Å². The second-order valence-electron chi connectivity index (χ2n) is 4.35. The van der Waals surface area contributed by atoms with Gasteiger partial charge in [0.2, 0.25) is 0 Å². The Morgan fingerprint density at radius 2 is 2.44 bits per heavy atom. The van der Waals surface area contributed by atoms with Crippen LogP contribution in [0.2, 0.25) is 4.34 Å². The van der Waals surface area contributed by atoms with Gasteiger partial charge in [0.15, 0.2) is 0 Å². The molecule has 0 saturated carbocycles. The molecule has 1 aliphatic rings. The number of rotatable bonds is 3. The minimum Gasteiger partial charge on any atom is -0.313 e. The van der Waals surface area contributed by atoms with Crippen LogP contribution in [0.4, 0.5) is 0 Å². The van der Waals surface area contributed by atoms with Crippen molar-refractivity contribution >= 4 is 22.9 Å². The van der Waals surface area contributed by atoms with Crippen LogP contribution in [0.5, 0.6) is 0 Å². The molecular formula is C12H19ClN2S. The molecule has 1 unspecified atom stereocenters. The van der Waals surface area contributed by atoms with Gasteiger partial charge >= 0.3 is 0 Å². The summed E-state index contributed by atoms with van der Waals surface area (Å²) in [6.45, 7) is 6.81. The fraction of sp³-hybridized carbons (Fsp3) is 0.667. The van der Waals surface area contributed by atoms with Crippen LogP contribution >= 0.6 is 22.9 Å². The molecule has 90 valence electrons. The zero-order chi connectivity index (χ0) is 11.4. The summed E-state index contributed by atoms with van der Waals surface area (Å²) in [7, 11) is 0. The summed E-state index contributed by atoms with van der Waals surface area (Å²) in [5, 5.41) is 3.59. The van der Waals surface area contributed by atoms with E-state index >= 15 is 0 Å². The molecule has 0 aliphatic carbocycles. The summed E-state index contributed by atoms with van der Waals surface area (Å²) in [6, 6.07) is 4.79. The monoisotopic (exact) mass is 258 g/mol. The van der Waals surface area contributed by atoms with Gasteiger partial charge in [-0.15, -0.1) is 11.3 Å². The van der Waals surface area contributed by atoms with Gasteiger partial charge in [0.25, 0.3) is 0 Å². The molecule has 2 heterocycles. The van der Waals surface area contributed by atoms with E-state index in [4.69, 9.17) is 11.6 Å². The van der Waals surface area contributed by atoms with E-state index in [1.807, 2.05) is 6.07 Å². The van der Waals surface area contributed by atoms with Gasteiger partial charge in [0.05, 0.1) is 4.34 Å². The fourth-order valence-corrected chi connectivity index (χ4v) is 3.28. The molecular weight excluding hydrogens is 240 g/mol. The maximum atomic E-state index is 5.95. The van der Waals surface area contributed by atoms with E-state index in [1.165, 1.54) is 24.3 Å². The van der Waals surface area contributed by atoms with Crippen LogP contribution in [0.1, 0.15) is 24.6 Å². The lowest BCUT2D eigenvalue weighted by Crippen LogP contribution is -2.36. The molecule has 4 heteroatoms. The molecule has 1 aromatic rings. The highest BCUT2D eigenvalue weighted by atomic mass is 35.5. The van der Waals surface area contributed by atoms with Gasteiger partial charge in [-0.2, -0.15) is 0 Å². The van der Waals surface area contributed by atoms with Gasteiger partial charge in [0, 0.05) is 24.0 Å². The maximum Gasteiger partial charge on any atom is 0.0931 e. The Balaban J connectivity index is 1.92. The van der Waals surface area contributed by atoms with Crippen LogP contribution < -0.4 is 5.32 Å². The summed E-state index contributed by atoms with van der Waals surface area (Å²) < 4.78 is 0.898. The minimum absolute atomic E-state index is 0.651. The van der Waals surface area contributed by atoms with Crippen LogP contribution in [0, 0.1) is 0 Å². The highest BCUT2D eigenvalue weighted by Gasteiger charge is 2.16. The van der Waals surface area contributed by atoms with Gasteiger partial charge < -0.3 is 5.32 Å². The van der Waals surface area contributed by atoms with E-state index in [0.717, 1.165) is 24.0 Å². The van der Waals surface area contributed by atoms with E-state index in [-0.39, 0.29) is 0 Å². The number of halogens is 1. The lowest BCUT2D eigenvalue weighted by atomic mass is 10.2. The summed E-state index contributed by atoms with van der Waals surface area (Å²) >= 11 is 7.65. The summed E-state index contributed by atoms with van der Waals surface area (Å²) in [6.07, 6.45) is 2.46. The second kappa shape index (κ2) is 6.01. The first-order valence-corrected chi connectivity index (χ1v) is 7.17. The minimum atomic E-state index is 0.651. The van der Waals surface area contributed by atoms with Crippen molar-refractivity contribution in [2.75, 3.05) is 19.6 Å². The van der Waals surface area contributed by atoms with Gasteiger partial charge in [0.1, 0.15) is 0 Å². The lowest BCUT2D eigenvalue weighted by Gasteiger charge is -2.22. The number of hydrogen-bond acceptors (Lipinski definition) is 3. The molecule has 1 aromatic heterocycles. The molecule has 1 saturated heterocycles. The average molecular weight is 259 g/mol. The Hall–Kier alpha value is -0.0900. The Morgan fingerprint density at radius 3 is 3.12 bits per heavy atom. The van der Waals surface area contributed by atoms with E-state index in [1.54, 1.807) is 11.3 Å². The first-order valence-electron chi connectivity index (χ1n) is 5.98. The van der Waals surface area contributed by atoms with Crippen LogP contribution in [-0.2, 0) is 6.54 Å². The van der Waals surface area contributed by atoms with Gasteiger partial charge in [-0.3, -0.25) is 4.90 Å². The topological polar surface area (TPSA) is 15.3 Å². The van der Waals surface area contributed by atoms with Crippen molar-refractivity contribution in [3.63, 3.8) is 0 Å². The molecule has 1 N–H and O–H groups in total. The van der Waals surface area contributed by atoms with Crippen molar-refractivity contribution in [1.29, 1.82) is 0 Å². The normalized spacial score (nSPS) is 23.2. The SMILES string of the molecule is CCC1CN(Cc2ccc(Cl)s2)CCCN1. The van der Waals surface area contributed by atoms with Crippen LogP contribution in [-0.4, -0.2) is 30.6 Å². The van der Waals surface area contributed by atoms with Crippen LogP contribution in [0.15, 0.2) is 12.1 Å². The van der Waals surface area contributed by atoms with Crippen molar-refractivity contribution in [2.24, 2.45) is 0 Å². The Labute approximate surface area is 107 Å². The standard InChI is InChI=1S/C12H19ClN2S/c1-2-10-8-15(7-3-6-14-10)9-11-4-5-12(13)16-11/h4-5,10,14H,2-3,6-9H2,1H3.